The Morgan fingerprint density at radius 3 is 2.50 bits per heavy atom. The van der Waals surface area contributed by atoms with Crippen LogP contribution in [0.25, 0.3) is 0 Å². The normalized spacial score (nSPS) is 22.6. The quantitative estimate of drug-likeness (QED) is 0.460. The van der Waals surface area contributed by atoms with E-state index in [2.05, 4.69) is 10.4 Å². The number of sulfonamides is 1. The fraction of sp³-hybridized carbons (Fsp3) is 0.448. The SMILES string of the molecule is C[C@H]1CC[C@H](c2ccccc2)S(=O)(=O)N1Cc1cc(F)c(C2(C(=O)NCc3ccnn3C)CCOCC2)cc1F. The lowest BCUT2D eigenvalue weighted by Crippen LogP contribution is -2.48. The first-order chi connectivity index (χ1) is 19.1. The molecule has 3 aromatic rings. The van der Waals surface area contributed by atoms with Crippen molar-refractivity contribution in [3.8, 4) is 0 Å². The van der Waals surface area contributed by atoms with Gasteiger partial charge < -0.3 is 10.1 Å². The van der Waals surface area contributed by atoms with Crippen molar-refractivity contribution in [1.29, 1.82) is 0 Å². The van der Waals surface area contributed by atoms with Crippen LogP contribution < -0.4 is 5.32 Å². The van der Waals surface area contributed by atoms with Gasteiger partial charge in [0.05, 0.1) is 17.7 Å². The number of aromatic nitrogens is 2. The number of nitrogens with zero attached hydrogens (tertiary/aromatic N) is 3. The molecule has 1 N–H and O–H groups in total. The molecule has 0 saturated carbocycles. The molecule has 0 radical (unpaired) electrons. The van der Waals surface area contributed by atoms with Crippen LogP contribution >= 0.6 is 0 Å². The molecule has 0 bridgehead atoms. The number of amides is 1. The van der Waals surface area contributed by atoms with Gasteiger partial charge in [-0.2, -0.15) is 9.40 Å². The second kappa shape index (κ2) is 11.4. The summed E-state index contributed by atoms with van der Waals surface area (Å²) in [6.45, 7) is 2.13. The minimum atomic E-state index is -3.83. The van der Waals surface area contributed by atoms with E-state index < -0.39 is 38.2 Å². The predicted molar refractivity (Wildman–Crippen MR) is 145 cm³/mol. The van der Waals surface area contributed by atoms with Crippen molar-refractivity contribution in [2.45, 2.75) is 62.4 Å². The van der Waals surface area contributed by atoms with Gasteiger partial charge in [0.15, 0.2) is 0 Å². The van der Waals surface area contributed by atoms with E-state index in [4.69, 9.17) is 4.74 Å². The van der Waals surface area contributed by atoms with Crippen molar-refractivity contribution in [1.82, 2.24) is 19.4 Å². The lowest BCUT2D eigenvalue weighted by Gasteiger charge is -2.38. The largest absolute Gasteiger partial charge is 0.381 e. The Morgan fingerprint density at radius 2 is 1.82 bits per heavy atom. The smallest absolute Gasteiger partial charge is 0.231 e. The van der Waals surface area contributed by atoms with Gasteiger partial charge in [-0.1, -0.05) is 30.3 Å². The van der Waals surface area contributed by atoms with Crippen LogP contribution in [0.4, 0.5) is 8.78 Å². The highest BCUT2D eigenvalue weighted by atomic mass is 32.2. The summed E-state index contributed by atoms with van der Waals surface area (Å²) in [5, 5.41) is 6.21. The monoisotopic (exact) mass is 572 g/mol. The number of benzene rings is 2. The van der Waals surface area contributed by atoms with Gasteiger partial charge in [0.1, 0.15) is 16.9 Å². The molecule has 5 rings (SSSR count). The highest BCUT2D eigenvalue weighted by Gasteiger charge is 2.45. The Bertz CT molecular complexity index is 1470. The van der Waals surface area contributed by atoms with Crippen LogP contribution in [0.1, 0.15) is 60.2 Å². The zero-order valence-electron chi connectivity index (χ0n) is 22.6. The molecule has 1 aromatic heterocycles. The van der Waals surface area contributed by atoms with Crippen LogP contribution in [0.3, 0.4) is 0 Å². The van der Waals surface area contributed by atoms with E-state index in [0.717, 1.165) is 17.8 Å². The first-order valence-corrected chi connectivity index (χ1v) is 15.0. The third-order valence-electron chi connectivity index (χ3n) is 8.31. The molecule has 2 aliphatic rings. The van der Waals surface area contributed by atoms with Gasteiger partial charge in [-0.15, -0.1) is 0 Å². The highest BCUT2D eigenvalue weighted by Crippen LogP contribution is 2.40. The van der Waals surface area contributed by atoms with E-state index in [1.54, 1.807) is 55.2 Å². The molecule has 40 heavy (non-hydrogen) atoms. The maximum Gasteiger partial charge on any atom is 0.231 e. The number of carbonyl (C=O) groups excluding carboxylic acids is 1. The molecular weight excluding hydrogens is 538 g/mol. The highest BCUT2D eigenvalue weighted by molar-refractivity contribution is 7.89. The van der Waals surface area contributed by atoms with Gasteiger partial charge in [0.2, 0.25) is 15.9 Å². The lowest BCUT2D eigenvalue weighted by atomic mass is 9.72. The maximum absolute atomic E-state index is 15.8. The van der Waals surface area contributed by atoms with E-state index >= 15 is 8.78 Å². The summed E-state index contributed by atoms with van der Waals surface area (Å²) in [4.78, 5) is 13.5. The van der Waals surface area contributed by atoms with Crippen LogP contribution in [0.5, 0.6) is 0 Å². The van der Waals surface area contributed by atoms with E-state index in [9.17, 15) is 13.2 Å². The molecule has 0 aliphatic carbocycles. The molecular formula is C29H34F2N4O4S. The standard InChI is InChI=1S/C29H34F2N4O4S/c1-20-8-9-27(21-6-4-3-5-7-21)40(37,38)35(20)19-22-16-26(31)24(17-25(22)30)29(11-14-39-15-12-29)28(36)32-18-23-10-13-33-34(23)2/h3-7,10,13,16-17,20,27H,8-9,11-12,14-15,18-19H2,1-2H3,(H,32,36)/t20-,27+/m0/s1. The summed E-state index contributed by atoms with van der Waals surface area (Å²) in [6, 6.07) is 12.5. The summed E-state index contributed by atoms with van der Waals surface area (Å²) in [5.41, 5.74) is 0.0193. The fourth-order valence-corrected chi connectivity index (χ4v) is 8.04. The zero-order chi connectivity index (χ0) is 28.5. The van der Waals surface area contributed by atoms with Gasteiger partial charge in [-0.25, -0.2) is 17.2 Å². The van der Waals surface area contributed by atoms with Crippen molar-refractivity contribution in [2.75, 3.05) is 13.2 Å². The topological polar surface area (TPSA) is 93.5 Å². The maximum atomic E-state index is 15.8. The summed E-state index contributed by atoms with van der Waals surface area (Å²) >= 11 is 0. The second-order valence-electron chi connectivity index (χ2n) is 10.7. The summed E-state index contributed by atoms with van der Waals surface area (Å²) < 4.78 is 67.1. The Hall–Kier alpha value is -3.15. The number of rotatable bonds is 7. The van der Waals surface area contributed by atoms with Gasteiger partial charge in [0, 0.05) is 50.2 Å². The van der Waals surface area contributed by atoms with Crippen LogP contribution in [-0.2, 0) is 45.1 Å². The number of halogens is 2. The zero-order valence-corrected chi connectivity index (χ0v) is 23.5. The van der Waals surface area contributed by atoms with Crippen LogP contribution in [0, 0.1) is 11.6 Å². The molecule has 2 atom stereocenters. The summed E-state index contributed by atoms with van der Waals surface area (Å²) in [5.74, 6) is -1.90. The minimum Gasteiger partial charge on any atom is -0.381 e. The first-order valence-electron chi connectivity index (χ1n) is 13.5. The van der Waals surface area contributed by atoms with Crippen molar-refractivity contribution in [3.63, 3.8) is 0 Å². The molecule has 8 nitrogen and oxygen atoms in total. The third-order valence-corrected chi connectivity index (χ3v) is 10.7. The molecule has 2 aliphatic heterocycles. The average molecular weight is 573 g/mol. The molecule has 1 amide bonds. The molecule has 2 aromatic carbocycles. The van der Waals surface area contributed by atoms with Gasteiger partial charge in [-0.3, -0.25) is 9.48 Å². The fourth-order valence-electron chi connectivity index (χ4n) is 5.85. The third kappa shape index (κ3) is 5.29. The van der Waals surface area contributed by atoms with Crippen molar-refractivity contribution in [2.24, 2.45) is 7.05 Å². The predicted octanol–water partition coefficient (Wildman–Crippen LogP) is 4.12. The number of nitrogens with one attached hydrogen (secondary N) is 1. The van der Waals surface area contributed by atoms with Gasteiger partial charge >= 0.3 is 0 Å². The van der Waals surface area contributed by atoms with Gasteiger partial charge in [-0.05, 0) is 56.4 Å². The lowest BCUT2D eigenvalue weighted by molar-refractivity contribution is -0.130. The van der Waals surface area contributed by atoms with E-state index in [0.29, 0.717) is 18.4 Å². The molecule has 3 heterocycles. The Kier molecular flexibility index (Phi) is 8.08. The molecule has 0 unspecified atom stereocenters. The number of carbonyl (C=O) groups is 1. The van der Waals surface area contributed by atoms with Gasteiger partial charge in [0.25, 0.3) is 0 Å². The van der Waals surface area contributed by atoms with Crippen molar-refractivity contribution < 1.29 is 26.7 Å². The minimum absolute atomic E-state index is 0.0451. The Balaban J connectivity index is 1.43. The summed E-state index contributed by atoms with van der Waals surface area (Å²) in [6.07, 6.45) is 3.05. The summed E-state index contributed by atoms with van der Waals surface area (Å²) in [7, 11) is -2.07. The first kappa shape index (κ1) is 28.4. The van der Waals surface area contributed by atoms with E-state index in [-0.39, 0.29) is 56.3 Å². The number of aryl methyl sites for hydroxylation is 1. The second-order valence-corrected chi connectivity index (χ2v) is 12.7. The molecule has 0 spiro atoms. The van der Waals surface area contributed by atoms with Crippen LogP contribution in [0.15, 0.2) is 54.7 Å². The molecule has 214 valence electrons. The molecule has 2 fully saturated rings. The van der Waals surface area contributed by atoms with Crippen LogP contribution in [-0.4, -0.2) is 47.7 Å². The Labute approximate surface area is 233 Å². The average Bonchev–Trinajstić information content (AvgIpc) is 3.36. The van der Waals surface area contributed by atoms with E-state index in [1.807, 2.05) is 6.07 Å². The molecule has 2 saturated heterocycles. The van der Waals surface area contributed by atoms with Crippen molar-refractivity contribution in [3.05, 3.63) is 88.7 Å². The number of ether oxygens (including phenoxy) is 1. The number of hydrogen-bond acceptors (Lipinski definition) is 5. The number of hydrogen-bond donors (Lipinski definition) is 1. The van der Waals surface area contributed by atoms with E-state index in [1.165, 1.54) is 4.31 Å². The van der Waals surface area contributed by atoms with Crippen LogP contribution in [0.2, 0.25) is 0 Å². The molecule has 11 heteroatoms. The Morgan fingerprint density at radius 1 is 1.10 bits per heavy atom. The van der Waals surface area contributed by atoms with Crippen molar-refractivity contribution >= 4 is 15.9 Å².